The minimum Gasteiger partial charge on any atom is -0.420 e. The predicted molar refractivity (Wildman–Crippen MR) is 148 cm³/mol. The summed E-state index contributed by atoms with van der Waals surface area (Å²) in [6, 6.07) is 15.2. The van der Waals surface area contributed by atoms with E-state index in [1.165, 1.54) is 11.3 Å². The number of hydrogen-bond acceptors (Lipinski definition) is 7. The first-order valence-electron chi connectivity index (χ1n) is 12.4. The number of nitrogens with one attached hydrogen (secondary N) is 1. The molecule has 0 bridgehead atoms. The van der Waals surface area contributed by atoms with Gasteiger partial charge in [0.2, 0.25) is 17.7 Å². The molecule has 4 heterocycles. The first kappa shape index (κ1) is 25.5. The van der Waals surface area contributed by atoms with Gasteiger partial charge in [-0.25, -0.2) is 15.0 Å². The van der Waals surface area contributed by atoms with Crippen molar-refractivity contribution in [2.24, 2.45) is 5.41 Å². The van der Waals surface area contributed by atoms with E-state index < -0.39 is 5.41 Å². The summed E-state index contributed by atoms with van der Waals surface area (Å²) >= 11 is 1.38. The van der Waals surface area contributed by atoms with Gasteiger partial charge < -0.3 is 15.0 Å². The van der Waals surface area contributed by atoms with Crippen LogP contribution in [-0.4, -0.2) is 45.3 Å². The van der Waals surface area contributed by atoms with Gasteiger partial charge in [0.05, 0.1) is 11.1 Å². The van der Waals surface area contributed by atoms with Crippen molar-refractivity contribution >= 4 is 28.3 Å². The molecule has 8 nitrogen and oxygen atoms in total. The van der Waals surface area contributed by atoms with Crippen LogP contribution in [-0.2, 0) is 4.79 Å². The zero-order valence-electron chi connectivity index (χ0n) is 22.0. The van der Waals surface area contributed by atoms with Crippen LogP contribution in [0, 0.1) is 12.3 Å². The maximum atomic E-state index is 13.5. The number of ether oxygens (including phenoxy) is 1. The summed E-state index contributed by atoms with van der Waals surface area (Å²) in [7, 11) is 1.78. The fourth-order valence-corrected chi connectivity index (χ4v) is 5.14. The summed E-state index contributed by atoms with van der Waals surface area (Å²) in [5.74, 6) is 0.337. The van der Waals surface area contributed by atoms with Crippen molar-refractivity contribution in [3.05, 3.63) is 82.5 Å². The Hall–Kier alpha value is -4.11. The van der Waals surface area contributed by atoms with Crippen molar-refractivity contribution in [3.63, 3.8) is 0 Å². The van der Waals surface area contributed by atoms with E-state index in [4.69, 9.17) is 9.72 Å². The molecule has 3 aromatic heterocycles. The molecule has 0 aliphatic carbocycles. The van der Waals surface area contributed by atoms with Gasteiger partial charge in [-0.2, -0.15) is 0 Å². The van der Waals surface area contributed by atoms with Gasteiger partial charge >= 0.3 is 0 Å². The highest BCUT2D eigenvalue weighted by atomic mass is 32.1. The van der Waals surface area contributed by atoms with Gasteiger partial charge in [-0.15, -0.1) is 11.3 Å². The number of amides is 2. The monoisotopic (exact) mass is 527 g/mol. The van der Waals surface area contributed by atoms with Crippen LogP contribution in [0.2, 0.25) is 0 Å². The van der Waals surface area contributed by atoms with Gasteiger partial charge in [0, 0.05) is 59.0 Å². The Kier molecular flexibility index (Phi) is 6.71. The van der Waals surface area contributed by atoms with Crippen LogP contribution in [0.5, 0.6) is 11.8 Å². The van der Waals surface area contributed by atoms with Crippen LogP contribution >= 0.6 is 11.3 Å². The SMILES string of the molecule is CCN(C)C(=O)c1ccc(-c2ccc3c(n2)Oc2nc(C)ccc2[C@@H]3C(C)(C)C(=O)Nc2nccs2)cc1. The van der Waals surface area contributed by atoms with Crippen LogP contribution in [0.3, 0.4) is 0 Å². The molecule has 9 heteroatoms. The van der Waals surface area contributed by atoms with Crippen LogP contribution in [0.15, 0.2) is 60.1 Å². The normalized spacial score (nSPS) is 14.2. The Morgan fingerprint density at radius 3 is 2.37 bits per heavy atom. The average Bonchev–Trinajstić information content (AvgIpc) is 3.43. The van der Waals surface area contributed by atoms with Crippen molar-refractivity contribution in [1.29, 1.82) is 0 Å². The summed E-state index contributed by atoms with van der Waals surface area (Å²) in [6.07, 6.45) is 1.66. The lowest BCUT2D eigenvalue weighted by Crippen LogP contribution is -2.38. The number of thiazole rings is 1. The molecular formula is C29H29N5O3S. The van der Waals surface area contributed by atoms with Crippen molar-refractivity contribution in [2.45, 2.75) is 33.6 Å². The third-order valence-electron chi connectivity index (χ3n) is 6.94. The third kappa shape index (κ3) is 4.65. The first-order chi connectivity index (χ1) is 18.2. The molecule has 0 spiro atoms. The average molecular weight is 528 g/mol. The summed E-state index contributed by atoms with van der Waals surface area (Å²) < 4.78 is 6.21. The van der Waals surface area contributed by atoms with Gasteiger partial charge in [0.15, 0.2) is 5.13 Å². The number of anilines is 1. The second kappa shape index (κ2) is 9.98. The summed E-state index contributed by atoms with van der Waals surface area (Å²) in [4.78, 5) is 41.3. The summed E-state index contributed by atoms with van der Waals surface area (Å²) in [5.41, 5.74) is 3.76. The van der Waals surface area contributed by atoms with Gasteiger partial charge in [-0.1, -0.05) is 38.1 Å². The zero-order valence-corrected chi connectivity index (χ0v) is 22.8. The second-order valence-electron chi connectivity index (χ2n) is 9.88. The molecular weight excluding hydrogens is 498 g/mol. The van der Waals surface area contributed by atoms with Crippen molar-refractivity contribution in [1.82, 2.24) is 19.9 Å². The van der Waals surface area contributed by atoms with Crippen molar-refractivity contribution in [2.75, 3.05) is 18.9 Å². The van der Waals surface area contributed by atoms with E-state index in [0.29, 0.717) is 34.7 Å². The van der Waals surface area contributed by atoms with E-state index in [1.807, 2.05) is 69.5 Å². The van der Waals surface area contributed by atoms with E-state index in [-0.39, 0.29) is 17.7 Å². The lowest BCUT2D eigenvalue weighted by Gasteiger charge is -2.37. The molecule has 1 aliphatic heterocycles. The first-order valence-corrected chi connectivity index (χ1v) is 13.3. The molecule has 0 saturated carbocycles. The molecule has 0 saturated heterocycles. The topological polar surface area (TPSA) is 97.3 Å². The van der Waals surface area contributed by atoms with Gasteiger partial charge in [0.25, 0.3) is 5.91 Å². The molecule has 5 rings (SSSR count). The third-order valence-corrected chi connectivity index (χ3v) is 7.63. The smallest absolute Gasteiger partial charge is 0.253 e. The van der Waals surface area contributed by atoms with E-state index in [2.05, 4.69) is 15.3 Å². The maximum Gasteiger partial charge on any atom is 0.253 e. The van der Waals surface area contributed by atoms with E-state index in [1.54, 1.807) is 30.3 Å². The number of benzene rings is 1. The minimum atomic E-state index is -0.869. The molecule has 38 heavy (non-hydrogen) atoms. The number of aromatic nitrogens is 3. The quantitative estimate of drug-likeness (QED) is 0.335. The van der Waals surface area contributed by atoms with E-state index in [9.17, 15) is 9.59 Å². The molecule has 0 fully saturated rings. The Morgan fingerprint density at radius 2 is 1.71 bits per heavy atom. The predicted octanol–water partition coefficient (Wildman–Crippen LogP) is 5.90. The number of aryl methyl sites for hydroxylation is 1. The zero-order chi connectivity index (χ0) is 27.0. The molecule has 0 radical (unpaired) electrons. The highest BCUT2D eigenvalue weighted by Gasteiger charge is 2.44. The minimum absolute atomic E-state index is 0.0278. The summed E-state index contributed by atoms with van der Waals surface area (Å²) in [6.45, 7) is 8.30. The number of pyridine rings is 2. The number of fused-ring (bicyclic) bond motifs is 2. The molecule has 1 atom stereocenters. The van der Waals surface area contributed by atoms with E-state index in [0.717, 1.165) is 22.4 Å². The number of carbonyl (C=O) groups is 2. The molecule has 4 aromatic rings. The fraction of sp³-hybridized carbons (Fsp3) is 0.276. The van der Waals surface area contributed by atoms with Gasteiger partial charge in [0.1, 0.15) is 0 Å². The molecule has 194 valence electrons. The van der Waals surface area contributed by atoms with Crippen molar-refractivity contribution < 1.29 is 14.3 Å². The van der Waals surface area contributed by atoms with Crippen LogP contribution < -0.4 is 10.1 Å². The number of hydrogen-bond donors (Lipinski definition) is 1. The lowest BCUT2D eigenvalue weighted by molar-refractivity contribution is -0.124. The Bertz CT molecular complexity index is 1500. The van der Waals surface area contributed by atoms with Crippen molar-refractivity contribution in [3.8, 4) is 23.0 Å². The fourth-order valence-electron chi connectivity index (χ4n) is 4.62. The second-order valence-corrected chi connectivity index (χ2v) is 10.8. The van der Waals surface area contributed by atoms with Gasteiger partial charge in [-0.3, -0.25) is 9.59 Å². The number of nitrogens with zero attached hydrogens (tertiary/aromatic N) is 4. The summed E-state index contributed by atoms with van der Waals surface area (Å²) in [5, 5.41) is 5.33. The molecule has 1 N–H and O–H groups in total. The highest BCUT2D eigenvalue weighted by Crippen LogP contribution is 2.51. The van der Waals surface area contributed by atoms with Gasteiger partial charge in [-0.05, 0) is 38.1 Å². The largest absolute Gasteiger partial charge is 0.420 e. The number of rotatable bonds is 6. The van der Waals surface area contributed by atoms with Crippen LogP contribution in [0.25, 0.3) is 11.3 Å². The Morgan fingerprint density at radius 1 is 1.03 bits per heavy atom. The highest BCUT2D eigenvalue weighted by molar-refractivity contribution is 7.13. The maximum absolute atomic E-state index is 13.5. The Labute approximate surface area is 225 Å². The Balaban J connectivity index is 1.53. The van der Waals surface area contributed by atoms with Crippen LogP contribution in [0.4, 0.5) is 5.13 Å². The molecule has 0 unspecified atom stereocenters. The lowest BCUT2D eigenvalue weighted by atomic mass is 9.70. The molecule has 2 amide bonds. The molecule has 1 aromatic carbocycles. The standard InChI is InChI=1S/C29H29N5O3S/c1-6-34(5)26(35)19-10-8-18(9-11-19)22-14-13-21-23(29(3,4)27(36)33-28-30-15-16-38-28)20-12-7-17(2)31-24(20)37-25(21)32-22/h7-16,23H,6H2,1-5H3,(H,30,33,36)/t23-/m0/s1. The van der Waals surface area contributed by atoms with Crippen LogP contribution in [0.1, 0.15) is 53.9 Å². The number of carbonyl (C=O) groups excluding carboxylic acids is 2. The van der Waals surface area contributed by atoms with E-state index >= 15 is 0 Å². The molecule has 1 aliphatic rings.